The van der Waals surface area contributed by atoms with Crippen molar-refractivity contribution in [2.45, 2.75) is 35.4 Å². The second-order valence-corrected chi connectivity index (χ2v) is 8.63. The van der Waals surface area contributed by atoms with Crippen molar-refractivity contribution >= 4 is 9.84 Å². The molecule has 0 saturated heterocycles. The largest absolute Gasteiger partial charge is 0.380 e. The molecule has 0 heterocycles. The summed E-state index contributed by atoms with van der Waals surface area (Å²) in [5, 5.41) is -0.837. The molecule has 1 aliphatic rings. The lowest BCUT2D eigenvalue weighted by Gasteiger charge is -2.12. The summed E-state index contributed by atoms with van der Waals surface area (Å²) in [6, 6.07) is 12.7. The third-order valence-electron chi connectivity index (χ3n) is 4.75. The van der Waals surface area contributed by atoms with Crippen LogP contribution in [0.15, 0.2) is 53.4 Å². The third-order valence-corrected chi connectivity index (χ3v) is 7.06. The molecule has 2 aromatic rings. The fraction of sp³-hybridized carbons (Fsp3) is 0.368. The molecule has 0 bridgehead atoms. The second-order valence-electron chi connectivity index (χ2n) is 6.56. The Bertz CT molecular complexity index is 866. The van der Waals surface area contributed by atoms with E-state index in [1.165, 1.54) is 12.1 Å². The first-order valence-electron chi connectivity index (χ1n) is 8.23. The Morgan fingerprint density at radius 3 is 2.48 bits per heavy atom. The van der Waals surface area contributed by atoms with Crippen molar-refractivity contribution in [1.29, 1.82) is 0 Å². The molecular weight excluding hydrogens is 341 g/mol. The van der Waals surface area contributed by atoms with Gasteiger partial charge in [0.05, 0.1) is 22.3 Å². The van der Waals surface area contributed by atoms with Crippen LogP contribution in [0, 0.1) is 12.7 Å². The predicted octanol–water partition coefficient (Wildman–Crippen LogP) is 2.81. The van der Waals surface area contributed by atoms with E-state index in [0.717, 1.165) is 5.56 Å². The molecule has 2 aromatic carbocycles. The van der Waals surface area contributed by atoms with Crippen LogP contribution in [0.25, 0.3) is 0 Å². The van der Waals surface area contributed by atoms with Crippen molar-refractivity contribution in [3.05, 3.63) is 65.5 Å². The van der Waals surface area contributed by atoms with Crippen LogP contribution in [-0.2, 0) is 14.6 Å². The molecule has 25 heavy (non-hydrogen) atoms. The highest BCUT2D eigenvalue weighted by molar-refractivity contribution is 7.92. The van der Waals surface area contributed by atoms with Crippen molar-refractivity contribution in [2.75, 3.05) is 13.2 Å². The van der Waals surface area contributed by atoms with Gasteiger partial charge in [-0.15, -0.1) is 0 Å². The van der Waals surface area contributed by atoms with E-state index in [1.807, 2.05) is 13.8 Å². The molecule has 3 atom stereocenters. The van der Waals surface area contributed by atoms with Gasteiger partial charge < -0.3 is 10.5 Å². The molecule has 0 aliphatic heterocycles. The van der Waals surface area contributed by atoms with Gasteiger partial charge in [-0.25, -0.2) is 12.8 Å². The summed E-state index contributed by atoms with van der Waals surface area (Å²) in [5.74, 6) is -0.907. The van der Waals surface area contributed by atoms with Crippen molar-refractivity contribution in [3.8, 4) is 0 Å². The SMILES string of the molecule is CCOC[C@@]1(N)[C@H](S(=O)(=O)c2ccc(C)cc2)[C@@H]1c1cccc(F)c1. The average Bonchev–Trinajstić information content (AvgIpc) is 3.20. The first-order valence-corrected chi connectivity index (χ1v) is 9.78. The Labute approximate surface area is 147 Å². The van der Waals surface area contributed by atoms with Gasteiger partial charge in [0, 0.05) is 12.5 Å². The van der Waals surface area contributed by atoms with Crippen LogP contribution in [0.2, 0.25) is 0 Å². The first-order chi connectivity index (χ1) is 11.8. The van der Waals surface area contributed by atoms with E-state index >= 15 is 0 Å². The quantitative estimate of drug-likeness (QED) is 0.857. The standard InChI is InChI=1S/C19H22FNO3S/c1-3-24-12-19(21)17(14-5-4-6-15(20)11-14)18(19)25(22,23)16-9-7-13(2)8-10-16/h4-11,17-18H,3,12,21H2,1-2H3/t17-,18+,19-/m0/s1. The summed E-state index contributed by atoms with van der Waals surface area (Å²) in [6.45, 7) is 4.27. The molecule has 134 valence electrons. The lowest BCUT2D eigenvalue weighted by molar-refractivity contribution is 0.125. The van der Waals surface area contributed by atoms with E-state index in [4.69, 9.17) is 10.5 Å². The lowest BCUT2D eigenvalue weighted by atomic mass is 10.1. The van der Waals surface area contributed by atoms with E-state index in [-0.39, 0.29) is 11.5 Å². The Morgan fingerprint density at radius 2 is 1.88 bits per heavy atom. The molecule has 6 heteroatoms. The van der Waals surface area contributed by atoms with Crippen molar-refractivity contribution in [1.82, 2.24) is 0 Å². The van der Waals surface area contributed by atoms with Gasteiger partial charge in [0.15, 0.2) is 9.84 Å². The van der Waals surface area contributed by atoms with Crippen LogP contribution in [-0.4, -0.2) is 32.4 Å². The van der Waals surface area contributed by atoms with Gasteiger partial charge in [0.25, 0.3) is 0 Å². The summed E-state index contributed by atoms with van der Waals surface area (Å²) >= 11 is 0. The number of ether oxygens (including phenoxy) is 1. The summed E-state index contributed by atoms with van der Waals surface area (Å²) in [6.07, 6.45) is 0. The Balaban J connectivity index is 2.01. The van der Waals surface area contributed by atoms with Crippen molar-refractivity contribution in [3.63, 3.8) is 0 Å². The van der Waals surface area contributed by atoms with E-state index in [1.54, 1.807) is 36.4 Å². The molecule has 0 radical (unpaired) electrons. The fourth-order valence-electron chi connectivity index (χ4n) is 3.40. The molecule has 2 N–H and O–H groups in total. The number of hydrogen-bond donors (Lipinski definition) is 1. The van der Waals surface area contributed by atoms with Gasteiger partial charge in [0.2, 0.25) is 0 Å². The summed E-state index contributed by atoms with van der Waals surface area (Å²) in [7, 11) is -3.66. The van der Waals surface area contributed by atoms with Gasteiger partial charge >= 0.3 is 0 Å². The highest BCUT2D eigenvalue weighted by atomic mass is 32.2. The highest BCUT2D eigenvalue weighted by Crippen LogP contribution is 2.55. The molecule has 1 saturated carbocycles. The number of halogens is 1. The predicted molar refractivity (Wildman–Crippen MR) is 94.7 cm³/mol. The maximum atomic E-state index is 13.6. The zero-order valence-corrected chi connectivity index (χ0v) is 15.1. The van der Waals surface area contributed by atoms with E-state index in [9.17, 15) is 12.8 Å². The van der Waals surface area contributed by atoms with Crippen LogP contribution in [0.1, 0.15) is 24.0 Å². The molecule has 4 nitrogen and oxygen atoms in total. The smallest absolute Gasteiger partial charge is 0.183 e. The van der Waals surface area contributed by atoms with Crippen LogP contribution < -0.4 is 5.73 Å². The van der Waals surface area contributed by atoms with Gasteiger partial charge in [-0.2, -0.15) is 0 Å². The molecular formula is C19H22FNO3S. The Morgan fingerprint density at radius 1 is 1.20 bits per heavy atom. The van der Waals surface area contributed by atoms with E-state index < -0.39 is 32.4 Å². The molecule has 0 spiro atoms. The molecule has 0 amide bonds. The van der Waals surface area contributed by atoms with Crippen LogP contribution in [0.4, 0.5) is 4.39 Å². The van der Waals surface area contributed by atoms with Crippen molar-refractivity contribution < 1.29 is 17.5 Å². The van der Waals surface area contributed by atoms with Gasteiger partial charge in [-0.3, -0.25) is 0 Å². The molecule has 3 rings (SSSR count). The average molecular weight is 363 g/mol. The number of nitrogens with two attached hydrogens (primary N) is 1. The number of sulfone groups is 1. The Hall–Kier alpha value is -1.76. The van der Waals surface area contributed by atoms with Gasteiger partial charge in [0.1, 0.15) is 5.82 Å². The molecule has 1 fully saturated rings. The highest BCUT2D eigenvalue weighted by Gasteiger charge is 2.69. The number of aryl methyl sites for hydroxylation is 1. The van der Waals surface area contributed by atoms with Crippen LogP contribution >= 0.6 is 0 Å². The number of benzene rings is 2. The maximum absolute atomic E-state index is 13.6. The first kappa shape index (κ1) is 18.0. The fourth-order valence-corrected chi connectivity index (χ4v) is 5.69. The van der Waals surface area contributed by atoms with E-state index in [2.05, 4.69) is 0 Å². The zero-order chi connectivity index (χ0) is 18.2. The summed E-state index contributed by atoms with van der Waals surface area (Å²) in [5.41, 5.74) is 6.93. The molecule has 0 unspecified atom stereocenters. The third kappa shape index (κ3) is 3.21. The summed E-state index contributed by atoms with van der Waals surface area (Å²) < 4.78 is 45.3. The minimum Gasteiger partial charge on any atom is -0.380 e. The van der Waals surface area contributed by atoms with Crippen LogP contribution in [0.5, 0.6) is 0 Å². The monoisotopic (exact) mass is 363 g/mol. The van der Waals surface area contributed by atoms with Crippen LogP contribution in [0.3, 0.4) is 0 Å². The summed E-state index contributed by atoms with van der Waals surface area (Å²) in [4.78, 5) is 0.230. The second kappa shape index (κ2) is 6.52. The molecule has 1 aliphatic carbocycles. The van der Waals surface area contributed by atoms with E-state index in [0.29, 0.717) is 12.2 Å². The topological polar surface area (TPSA) is 69.4 Å². The zero-order valence-electron chi connectivity index (χ0n) is 14.3. The Kier molecular flexibility index (Phi) is 4.70. The van der Waals surface area contributed by atoms with Crippen molar-refractivity contribution in [2.24, 2.45) is 5.73 Å². The normalized spacial score (nSPS) is 25.8. The van der Waals surface area contributed by atoms with Gasteiger partial charge in [-0.1, -0.05) is 29.8 Å². The minimum absolute atomic E-state index is 0.112. The minimum atomic E-state index is -3.66. The molecule has 0 aromatic heterocycles. The lowest BCUT2D eigenvalue weighted by Crippen LogP contribution is -2.36. The maximum Gasteiger partial charge on any atom is 0.183 e. The van der Waals surface area contributed by atoms with Gasteiger partial charge in [-0.05, 0) is 43.7 Å². The number of rotatable bonds is 6. The number of hydrogen-bond acceptors (Lipinski definition) is 4.